The third-order valence-corrected chi connectivity index (χ3v) is 4.93. The van der Waals surface area contributed by atoms with Crippen LogP contribution in [-0.4, -0.2) is 37.0 Å². The standard InChI is InChI=1S/C11H16N2O3S/c12-10-3-1-2-4-11(10)17(15,16)13-7-5-9(14)6-8-13/h1-4,9,14H,5-8,12H2. The van der Waals surface area contributed by atoms with Crippen molar-refractivity contribution in [3.8, 4) is 0 Å². The molecule has 0 atom stereocenters. The summed E-state index contributed by atoms with van der Waals surface area (Å²) in [5.41, 5.74) is 5.95. The average Bonchev–Trinajstić information content (AvgIpc) is 2.30. The highest BCUT2D eigenvalue weighted by Gasteiger charge is 2.29. The number of hydrogen-bond donors (Lipinski definition) is 2. The number of rotatable bonds is 2. The van der Waals surface area contributed by atoms with Crippen LogP contribution in [0.3, 0.4) is 0 Å². The summed E-state index contributed by atoms with van der Waals surface area (Å²) in [7, 11) is -3.52. The molecular formula is C11H16N2O3S. The van der Waals surface area contributed by atoms with E-state index in [0.717, 1.165) is 0 Å². The minimum Gasteiger partial charge on any atom is -0.398 e. The van der Waals surface area contributed by atoms with Crippen LogP contribution in [-0.2, 0) is 10.0 Å². The van der Waals surface area contributed by atoms with Crippen LogP contribution in [0.4, 0.5) is 5.69 Å². The van der Waals surface area contributed by atoms with Gasteiger partial charge in [-0.3, -0.25) is 0 Å². The predicted molar refractivity (Wildman–Crippen MR) is 64.9 cm³/mol. The Balaban J connectivity index is 2.28. The highest BCUT2D eigenvalue weighted by Crippen LogP contribution is 2.24. The van der Waals surface area contributed by atoms with Gasteiger partial charge >= 0.3 is 0 Å². The van der Waals surface area contributed by atoms with Crippen molar-refractivity contribution in [2.75, 3.05) is 18.8 Å². The van der Waals surface area contributed by atoms with Gasteiger partial charge in [0.1, 0.15) is 4.90 Å². The fraction of sp³-hybridized carbons (Fsp3) is 0.455. The maximum Gasteiger partial charge on any atom is 0.245 e. The Morgan fingerprint density at radius 1 is 1.24 bits per heavy atom. The minimum absolute atomic E-state index is 0.149. The van der Waals surface area contributed by atoms with Crippen LogP contribution >= 0.6 is 0 Å². The number of anilines is 1. The lowest BCUT2D eigenvalue weighted by atomic mass is 10.1. The Labute approximate surface area is 101 Å². The number of nitrogen functional groups attached to an aromatic ring is 1. The van der Waals surface area contributed by atoms with Crippen LogP contribution in [0.2, 0.25) is 0 Å². The summed E-state index contributed by atoms with van der Waals surface area (Å²) >= 11 is 0. The van der Waals surface area contributed by atoms with Crippen molar-refractivity contribution in [3.63, 3.8) is 0 Å². The molecule has 0 spiro atoms. The Morgan fingerprint density at radius 2 is 1.82 bits per heavy atom. The fourth-order valence-corrected chi connectivity index (χ4v) is 3.52. The summed E-state index contributed by atoms with van der Waals surface area (Å²) in [6.07, 6.45) is 0.562. The van der Waals surface area contributed by atoms with Crippen LogP contribution < -0.4 is 5.73 Å². The maximum absolute atomic E-state index is 12.3. The summed E-state index contributed by atoms with van der Waals surface area (Å²) in [6, 6.07) is 6.44. The molecule has 0 saturated carbocycles. The molecule has 1 aliphatic heterocycles. The molecule has 6 heteroatoms. The Morgan fingerprint density at radius 3 is 2.41 bits per heavy atom. The monoisotopic (exact) mass is 256 g/mol. The number of piperidine rings is 1. The molecule has 1 aliphatic rings. The lowest BCUT2D eigenvalue weighted by Gasteiger charge is -2.29. The summed E-state index contributed by atoms with van der Waals surface area (Å²) in [6.45, 7) is 0.690. The fourth-order valence-electron chi connectivity index (χ4n) is 1.94. The van der Waals surface area contributed by atoms with E-state index in [1.807, 2.05) is 0 Å². The van der Waals surface area contributed by atoms with Crippen LogP contribution in [0.25, 0.3) is 0 Å². The van der Waals surface area contributed by atoms with Gasteiger partial charge < -0.3 is 10.8 Å². The number of nitrogens with zero attached hydrogens (tertiary/aromatic N) is 1. The molecule has 2 rings (SSSR count). The van der Waals surface area contributed by atoms with Crippen LogP contribution in [0, 0.1) is 0 Å². The minimum atomic E-state index is -3.52. The first-order chi connectivity index (χ1) is 8.01. The van der Waals surface area contributed by atoms with Crippen molar-refractivity contribution in [1.82, 2.24) is 4.31 Å². The summed E-state index contributed by atoms with van der Waals surface area (Å²) in [5.74, 6) is 0. The molecule has 0 amide bonds. The summed E-state index contributed by atoms with van der Waals surface area (Å²) < 4.78 is 25.9. The molecule has 0 aromatic heterocycles. The van der Waals surface area contributed by atoms with E-state index in [4.69, 9.17) is 5.73 Å². The van der Waals surface area contributed by atoms with E-state index in [2.05, 4.69) is 0 Å². The quantitative estimate of drug-likeness (QED) is 0.751. The Kier molecular flexibility index (Phi) is 3.37. The third-order valence-electron chi connectivity index (χ3n) is 2.96. The zero-order valence-corrected chi connectivity index (χ0v) is 10.2. The Bertz CT molecular complexity index is 493. The van der Waals surface area contributed by atoms with Crippen molar-refractivity contribution in [2.24, 2.45) is 0 Å². The first kappa shape index (κ1) is 12.3. The average molecular weight is 256 g/mol. The smallest absolute Gasteiger partial charge is 0.245 e. The molecule has 1 heterocycles. The molecule has 0 bridgehead atoms. The van der Waals surface area contributed by atoms with E-state index < -0.39 is 16.1 Å². The van der Waals surface area contributed by atoms with Gasteiger partial charge in [-0.1, -0.05) is 12.1 Å². The molecular weight excluding hydrogens is 240 g/mol. The van der Waals surface area contributed by atoms with Crippen molar-refractivity contribution in [3.05, 3.63) is 24.3 Å². The van der Waals surface area contributed by atoms with Gasteiger partial charge in [0.25, 0.3) is 0 Å². The van der Waals surface area contributed by atoms with Crippen LogP contribution in [0.5, 0.6) is 0 Å². The van der Waals surface area contributed by atoms with Crippen LogP contribution in [0.1, 0.15) is 12.8 Å². The second-order valence-corrected chi connectivity index (χ2v) is 6.08. The first-order valence-electron chi connectivity index (χ1n) is 5.54. The van der Waals surface area contributed by atoms with E-state index in [-0.39, 0.29) is 10.6 Å². The number of nitrogens with two attached hydrogens (primary N) is 1. The van der Waals surface area contributed by atoms with Gasteiger partial charge in [0.15, 0.2) is 0 Å². The van der Waals surface area contributed by atoms with E-state index in [0.29, 0.717) is 25.9 Å². The van der Waals surface area contributed by atoms with Gasteiger partial charge in [-0.05, 0) is 25.0 Å². The molecule has 1 fully saturated rings. The van der Waals surface area contributed by atoms with Crippen molar-refractivity contribution in [1.29, 1.82) is 0 Å². The van der Waals surface area contributed by atoms with E-state index in [1.54, 1.807) is 18.2 Å². The highest BCUT2D eigenvalue weighted by atomic mass is 32.2. The van der Waals surface area contributed by atoms with Gasteiger partial charge in [0.2, 0.25) is 10.0 Å². The van der Waals surface area contributed by atoms with Gasteiger partial charge in [-0.25, -0.2) is 8.42 Å². The molecule has 17 heavy (non-hydrogen) atoms. The molecule has 94 valence electrons. The molecule has 5 nitrogen and oxygen atoms in total. The normalized spacial score (nSPS) is 19.4. The van der Waals surface area contributed by atoms with E-state index in [1.165, 1.54) is 10.4 Å². The van der Waals surface area contributed by atoms with E-state index in [9.17, 15) is 13.5 Å². The summed E-state index contributed by atoms with van der Waals surface area (Å²) in [4.78, 5) is 0.149. The molecule has 0 radical (unpaired) electrons. The number of para-hydroxylation sites is 1. The van der Waals surface area contributed by atoms with Crippen molar-refractivity contribution >= 4 is 15.7 Å². The first-order valence-corrected chi connectivity index (χ1v) is 6.98. The highest BCUT2D eigenvalue weighted by molar-refractivity contribution is 7.89. The van der Waals surface area contributed by atoms with E-state index >= 15 is 0 Å². The largest absolute Gasteiger partial charge is 0.398 e. The number of aliphatic hydroxyl groups is 1. The predicted octanol–water partition coefficient (Wildman–Crippen LogP) is 0.414. The zero-order chi connectivity index (χ0) is 12.5. The molecule has 0 aliphatic carbocycles. The van der Waals surface area contributed by atoms with Gasteiger partial charge in [-0.2, -0.15) is 4.31 Å². The number of benzene rings is 1. The number of aliphatic hydroxyl groups excluding tert-OH is 1. The Hall–Kier alpha value is -1.11. The number of sulfonamides is 1. The molecule has 0 unspecified atom stereocenters. The lowest BCUT2D eigenvalue weighted by molar-refractivity contribution is 0.113. The molecule has 3 N–H and O–H groups in total. The maximum atomic E-state index is 12.3. The zero-order valence-electron chi connectivity index (χ0n) is 9.41. The van der Waals surface area contributed by atoms with Crippen molar-refractivity contribution in [2.45, 2.75) is 23.8 Å². The third kappa shape index (κ3) is 2.43. The topological polar surface area (TPSA) is 83.6 Å². The van der Waals surface area contributed by atoms with Gasteiger partial charge in [0, 0.05) is 13.1 Å². The SMILES string of the molecule is Nc1ccccc1S(=O)(=O)N1CCC(O)CC1. The van der Waals surface area contributed by atoms with Crippen LogP contribution in [0.15, 0.2) is 29.2 Å². The number of hydrogen-bond acceptors (Lipinski definition) is 4. The molecule has 1 saturated heterocycles. The second kappa shape index (κ2) is 4.64. The van der Waals surface area contributed by atoms with Gasteiger partial charge in [-0.15, -0.1) is 0 Å². The summed E-state index contributed by atoms with van der Waals surface area (Å²) in [5, 5.41) is 9.37. The lowest BCUT2D eigenvalue weighted by Crippen LogP contribution is -2.40. The molecule has 1 aromatic rings. The van der Waals surface area contributed by atoms with Crippen molar-refractivity contribution < 1.29 is 13.5 Å². The molecule has 1 aromatic carbocycles. The second-order valence-electron chi connectivity index (χ2n) is 4.17. The van der Waals surface area contributed by atoms with Gasteiger partial charge in [0.05, 0.1) is 11.8 Å².